The standard InChI is InChI=1S/C18H16ClNO7/c1-24-12-5-4-9(6-10(12)20(22)23)13-7-11(21)16-14(27-13)8-15(25-2)17(19)18(16)26-3/h4-6,8,13H,7H2,1-3H3. The fourth-order valence-electron chi connectivity index (χ4n) is 2.99. The van der Waals surface area contributed by atoms with E-state index >= 15 is 0 Å². The normalized spacial score (nSPS) is 15.6. The molecule has 8 nitrogen and oxygen atoms in total. The number of nitrogens with zero attached hydrogens (tertiary/aromatic N) is 1. The number of halogens is 1. The van der Waals surface area contributed by atoms with Crippen LogP contribution in [0.5, 0.6) is 23.0 Å². The van der Waals surface area contributed by atoms with Gasteiger partial charge in [0.1, 0.15) is 28.2 Å². The van der Waals surface area contributed by atoms with Crippen LogP contribution in [0.15, 0.2) is 24.3 Å². The smallest absolute Gasteiger partial charge is 0.311 e. The Morgan fingerprint density at radius 2 is 1.85 bits per heavy atom. The number of fused-ring (bicyclic) bond motifs is 1. The average Bonchev–Trinajstić information content (AvgIpc) is 2.67. The van der Waals surface area contributed by atoms with Crippen LogP contribution in [0.4, 0.5) is 5.69 Å². The van der Waals surface area contributed by atoms with E-state index in [1.54, 1.807) is 6.07 Å². The number of benzene rings is 2. The number of Topliss-reactive ketones (excluding diaryl/α,β-unsaturated/α-hetero) is 1. The minimum atomic E-state index is -0.704. The summed E-state index contributed by atoms with van der Waals surface area (Å²) in [6.07, 6.45) is -0.722. The minimum absolute atomic E-state index is 0.0184. The van der Waals surface area contributed by atoms with Gasteiger partial charge in [-0.3, -0.25) is 14.9 Å². The third kappa shape index (κ3) is 3.23. The fourth-order valence-corrected chi connectivity index (χ4v) is 3.29. The van der Waals surface area contributed by atoms with Crippen molar-refractivity contribution in [2.24, 2.45) is 0 Å². The molecule has 142 valence electrons. The van der Waals surface area contributed by atoms with Crippen molar-refractivity contribution in [1.29, 1.82) is 0 Å². The molecule has 0 saturated heterocycles. The molecule has 1 atom stereocenters. The molecule has 27 heavy (non-hydrogen) atoms. The van der Waals surface area contributed by atoms with Gasteiger partial charge in [-0.15, -0.1) is 0 Å². The Kier molecular flexibility index (Phi) is 5.09. The van der Waals surface area contributed by atoms with Crippen molar-refractivity contribution in [3.8, 4) is 23.0 Å². The van der Waals surface area contributed by atoms with Crippen molar-refractivity contribution >= 4 is 23.1 Å². The van der Waals surface area contributed by atoms with Crippen molar-refractivity contribution < 1.29 is 28.7 Å². The number of ether oxygens (including phenoxy) is 4. The van der Waals surface area contributed by atoms with Crippen LogP contribution < -0.4 is 18.9 Å². The Hall–Kier alpha value is -3.00. The topological polar surface area (TPSA) is 97.1 Å². The lowest BCUT2D eigenvalue weighted by Crippen LogP contribution is -2.21. The summed E-state index contributed by atoms with van der Waals surface area (Å²) < 4.78 is 21.4. The zero-order valence-electron chi connectivity index (χ0n) is 14.8. The van der Waals surface area contributed by atoms with Gasteiger partial charge in [-0.2, -0.15) is 0 Å². The van der Waals surface area contributed by atoms with Crippen LogP contribution in [0.25, 0.3) is 0 Å². The summed E-state index contributed by atoms with van der Waals surface area (Å²) in [5.41, 5.74) is 0.500. The predicted molar refractivity (Wildman–Crippen MR) is 96.5 cm³/mol. The molecule has 3 rings (SSSR count). The first-order chi connectivity index (χ1) is 12.9. The van der Waals surface area contributed by atoms with E-state index in [1.807, 2.05) is 0 Å². The number of ketones is 1. The Morgan fingerprint density at radius 3 is 2.44 bits per heavy atom. The lowest BCUT2D eigenvalue weighted by atomic mass is 9.95. The fraction of sp³-hybridized carbons (Fsp3) is 0.278. The summed E-state index contributed by atoms with van der Waals surface area (Å²) >= 11 is 6.21. The highest BCUT2D eigenvalue weighted by Crippen LogP contribution is 2.47. The summed E-state index contributed by atoms with van der Waals surface area (Å²) in [5, 5.41) is 11.4. The highest BCUT2D eigenvalue weighted by Gasteiger charge is 2.34. The molecule has 2 aromatic carbocycles. The van der Waals surface area contributed by atoms with Crippen LogP contribution in [-0.2, 0) is 0 Å². The maximum Gasteiger partial charge on any atom is 0.311 e. The largest absolute Gasteiger partial charge is 0.495 e. The Bertz CT molecular complexity index is 928. The molecular weight excluding hydrogens is 378 g/mol. The molecule has 1 heterocycles. The molecule has 0 radical (unpaired) electrons. The third-order valence-corrected chi connectivity index (χ3v) is 4.62. The molecule has 9 heteroatoms. The number of nitro groups is 1. The van der Waals surface area contributed by atoms with Gasteiger partial charge in [0, 0.05) is 12.1 Å². The molecule has 1 unspecified atom stereocenters. The van der Waals surface area contributed by atoms with Gasteiger partial charge < -0.3 is 18.9 Å². The summed E-state index contributed by atoms with van der Waals surface area (Å²) in [6, 6.07) is 5.94. The second-order valence-corrected chi connectivity index (χ2v) is 6.10. The zero-order chi connectivity index (χ0) is 19.7. The maximum absolute atomic E-state index is 12.7. The number of methoxy groups -OCH3 is 3. The summed E-state index contributed by atoms with van der Waals surface area (Å²) in [6.45, 7) is 0. The number of hydrogen-bond acceptors (Lipinski definition) is 7. The molecule has 1 aliphatic rings. The molecule has 2 aromatic rings. The van der Waals surface area contributed by atoms with Gasteiger partial charge in [0.2, 0.25) is 0 Å². The van der Waals surface area contributed by atoms with E-state index in [1.165, 1.54) is 39.5 Å². The summed E-state index contributed by atoms with van der Waals surface area (Å²) in [5.74, 6) is 0.590. The van der Waals surface area contributed by atoms with Crippen molar-refractivity contribution in [1.82, 2.24) is 0 Å². The molecule has 0 spiro atoms. The van der Waals surface area contributed by atoms with Crippen molar-refractivity contribution in [2.45, 2.75) is 12.5 Å². The van der Waals surface area contributed by atoms with Crippen LogP contribution in [0.2, 0.25) is 5.02 Å². The van der Waals surface area contributed by atoms with E-state index < -0.39 is 11.0 Å². The quantitative estimate of drug-likeness (QED) is 0.559. The molecule has 0 fully saturated rings. The van der Waals surface area contributed by atoms with E-state index in [4.69, 9.17) is 30.5 Å². The third-order valence-electron chi connectivity index (χ3n) is 4.27. The molecule has 0 bridgehead atoms. The predicted octanol–water partition coefficient (Wildman–Crippen LogP) is 3.98. The number of carbonyl (C=O) groups excluding carboxylic acids is 1. The van der Waals surface area contributed by atoms with Gasteiger partial charge in [0.05, 0.1) is 32.7 Å². The Morgan fingerprint density at radius 1 is 1.15 bits per heavy atom. The van der Waals surface area contributed by atoms with Crippen molar-refractivity contribution in [2.75, 3.05) is 21.3 Å². The van der Waals surface area contributed by atoms with Crippen molar-refractivity contribution in [3.05, 3.63) is 50.5 Å². The monoisotopic (exact) mass is 393 g/mol. The number of hydrogen-bond donors (Lipinski definition) is 0. The molecular formula is C18H16ClNO7. The highest BCUT2D eigenvalue weighted by atomic mass is 35.5. The van der Waals surface area contributed by atoms with E-state index in [9.17, 15) is 14.9 Å². The molecule has 1 aliphatic heterocycles. The molecule has 0 saturated carbocycles. The average molecular weight is 394 g/mol. The Balaban J connectivity index is 2.06. The maximum atomic E-state index is 12.7. The minimum Gasteiger partial charge on any atom is -0.495 e. The van der Waals surface area contributed by atoms with Gasteiger partial charge in [0.25, 0.3) is 0 Å². The zero-order valence-corrected chi connectivity index (χ0v) is 15.5. The Labute approximate surface area is 159 Å². The van der Waals surface area contributed by atoms with Gasteiger partial charge in [-0.05, 0) is 11.6 Å². The van der Waals surface area contributed by atoms with Crippen molar-refractivity contribution in [3.63, 3.8) is 0 Å². The molecule has 0 N–H and O–H groups in total. The van der Waals surface area contributed by atoms with Crippen LogP contribution >= 0.6 is 11.6 Å². The number of rotatable bonds is 5. The summed E-state index contributed by atoms with van der Waals surface area (Å²) in [4.78, 5) is 23.4. The first-order valence-corrected chi connectivity index (χ1v) is 8.25. The van der Waals surface area contributed by atoms with Gasteiger partial charge in [0.15, 0.2) is 17.3 Å². The van der Waals surface area contributed by atoms with E-state index in [0.29, 0.717) is 11.3 Å². The number of carbonyl (C=O) groups is 1. The van der Waals surface area contributed by atoms with Crippen LogP contribution in [0, 0.1) is 10.1 Å². The SMILES string of the molecule is COc1ccc(C2CC(=O)c3c(cc(OC)c(Cl)c3OC)O2)cc1[N+](=O)[O-]. The van der Waals surface area contributed by atoms with Crippen LogP contribution in [0.3, 0.4) is 0 Å². The van der Waals surface area contributed by atoms with E-state index in [2.05, 4.69) is 0 Å². The first kappa shape index (κ1) is 18.8. The van der Waals surface area contributed by atoms with E-state index in [-0.39, 0.29) is 45.7 Å². The second kappa shape index (κ2) is 7.32. The molecule has 0 amide bonds. The second-order valence-electron chi connectivity index (χ2n) is 5.72. The number of nitro benzene ring substituents is 1. The van der Waals surface area contributed by atoms with Gasteiger partial charge >= 0.3 is 5.69 Å². The highest BCUT2D eigenvalue weighted by molar-refractivity contribution is 6.34. The first-order valence-electron chi connectivity index (χ1n) is 7.87. The summed E-state index contributed by atoms with van der Waals surface area (Å²) in [7, 11) is 4.18. The molecule has 0 aromatic heterocycles. The lowest BCUT2D eigenvalue weighted by molar-refractivity contribution is -0.385. The van der Waals surface area contributed by atoms with Crippen LogP contribution in [-0.4, -0.2) is 32.0 Å². The van der Waals surface area contributed by atoms with E-state index in [0.717, 1.165) is 0 Å². The van der Waals surface area contributed by atoms with Gasteiger partial charge in [-0.25, -0.2) is 0 Å². The van der Waals surface area contributed by atoms with Crippen LogP contribution in [0.1, 0.15) is 28.4 Å². The molecule has 0 aliphatic carbocycles. The van der Waals surface area contributed by atoms with Gasteiger partial charge in [-0.1, -0.05) is 17.7 Å². The lowest BCUT2D eigenvalue weighted by Gasteiger charge is -2.27.